The highest BCUT2D eigenvalue weighted by molar-refractivity contribution is 5.86. The number of hydrogen-bond acceptors (Lipinski definition) is 1. The van der Waals surface area contributed by atoms with Gasteiger partial charge >= 0.3 is 0 Å². The van der Waals surface area contributed by atoms with Crippen molar-refractivity contribution in [3.05, 3.63) is 35.1 Å². The van der Waals surface area contributed by atoms with E-state index in [0.29, 0.717) is 0 Å². The van der Waals surface area contributed by atoms with Gasteiger partial charge in [0.2, 0.25) is 0 Å². The molecular formula is C14H16O. The number of furan rings is 1. The highest BCUT2D eigenvalue weighted by atomic mass is 16.3. The maximum atomic E-state index is 5.92. The first kappa shape index (κ1) is 9.02. The molecule has 0 radical (unpaired) electrons. The van der Waals surface area contributed by atoms with Crippen molar-refractivity contribution in [3.63, 3.8) is 0 Å². The van der Waals surface area contributed by atoms with Crippen LogP contribution in [0, 0.1) is 0 Å². The first-order chi connectivity index (χ1) is 7.40. The molecule has 0 amide bonds. The van der Waals surface area contributed by atoms with E-state index >= 15 is 0 Å². The molecule has 0 atom stereocenters. The van der Waals surface area contributed by atoms with Gasteiger partial charge in [-0.15, -0.1) is 0 Å². The molecule has 1 heterocycles. The lowest BCUT2D eigenvalue weighted by atomic mass is 10.0. The minimum absolute atomic E-state index is 1.02. The summed E-state index contributed by atoms with van der Waals surface area (Å²) in [6.07, 6.45) is 6.05. The van der Waals surface area contributed by atoms with Crippen LogP contribution in [0.4, 0.5) is 0 Å². The molecule has 0 saturated heterocycles. The summed E-state index contributed by atoms with van der Waals surface area (Å²) in [6, 6.07) is 6.48. The third-order valence-corrected chi connectivity index (χ3v) is 3.43. The Kier molecular flexibility index (Phi) is 2.05. The molecule has 0 N–H and O–H groups in total. The molecule has 1 aromatic heterocycles. The maximum Gasteiger partial charge on any atom is 0.134 e. The number of benzene rings is 1. The fourth-order valence-corrected chi connectivity index (χ4v) is 2.71. The van der Waals surface area contributed by atoms with Crippen LogP contribution < -0.4 is 0 Å². The lowest BCUT2D eigenvalue weighted by Crippen LogP contribution is -1.86. The Balaban J connectivity index is 2.36. The highest BCUT2D eigenvalue weighted by Gasteiger charge is 2.17. The maximum absolute atomic E-state index is 5.92. The molecule has 1 aliphatic carbocycles. The highest BCUT2D eigenvalue weighted by Crippen LogP contribution is 2.33. The van der Waals surface area contributed by atoms with Gasteiger partial charge in [-0.1, -0.05) is 19.1 Å². The predicted octanol–water partition coefficient (Wildman–Crippen LogP) is 3.87. The van der Waals surface area contributed by atoms with Gasteiger partial charge in [0.15, 0.2) is 0 Å². The molecule has 1 heteroatoms. The van der Waals surface area contributed by atoms with Crippen molar-refractivity contribution >= 4 is 11.0 Å². The van der Waals surface area contributed by atoms with Crippen molar-refractivity contribution in [2.75, 3.05) is 0 Å². The molecule has 0 bridgehead atoms. The smallest absolute Gasteiger partial charge is 0.134 e. The second-order valence-electron chi connectivity index (χ2n) is 4.35. The van der Waals surface area contributed by atoms with Gasteiger partial charge in [0.1, 0.15) is 11.3 Å². The summed E-state index contributed by atoms with van der Waals surface area (Å²) >= 11 is 0. The summed E-state index contributed by atoms with van der Waals surface area (Å²) < 4.78 is 5.92. The summed E-state index contributed by atoms with van der Waals surface area (Å²) in [5.41, 5.74) is 4.07. The molecule has 1 aromatic carbocycles. The standard InChI is InChI=1S/C14H16O/c1-2-12-11-8-4-3-6-10-7-5-9-13(15-12)14(10)11/h5,7,9H,2-4,6,8H2,1H3. The van der Waals surface area contributed by atoms with Gasteiger partial charge in [0.05, 0.1) is 0 Å². The van der Waals surface area contributed by atoms with E-state index in [1.165, 1.54) is 48.0 Å². The molecule has 1 nitrogen and oxygen atoms in total. The molecule has 0 unspecified atom stereocenters. The zero-order valence-corrected chi connectivity index (χ0v) is 9.18. The van der Waals surface area contributed by atoms with Crippen LogP contribution in [0.25, 0.3) is 11.0 Å². The van der Waals surface area contributed by atoms with Gasteiger partial charge in [0, 0.05) is 17.4 Å². The minimum atomic E-state index is 1.02. The lowest BCUT2D eigenvalue weighted by Gasteiger charge is -1.98. The van der Waals surface area contributed by atoms with Crippen molar-refractivity contribution in [2.45, 2.75) is 39.0 Å². The Morgan fingerprint density at radius 2 is 2.07 bits per heavy atom. The quantitative estimate of drug-likeness (QED) is 0.681. The van der Waals surface area contributed by atoms with Crippen LogP contribution in [0.2, 0.25) is 0 Å². The topological polar surface area (TPSA) is 13.1 Å². The van der Waals surface area contributed by atoms with Crippen LogP contribution in [-0.2, 0) is 19.3 Å². The molecule has 3 rings (SSSR count). The normalized spacial score (nSPS) is 15.5. The molecule has 2 aromatic rings. The van der Waals surface area contributed by atoms with Crippen LogP contribution in [0.5, 0.6) is 0 Å². The summed E-state index contributed by atoms with van der Waals surface area (Å²) in [4.78, 5) is 0. The molecule has 1 aliphatic rings. The fraction of sp³-hybridized carbons (Fsp3) is 0.429. The Morgan fingerprint density at radius 3 is 2.93 bits per heavy atom. The van der Waals surface area contributed by atoms with Crippen molar-refractivity contribution < 1.29 is 4.42 Å². The summed E-state index contributed by atoms with van der Waals surface area (Å²) in [7, 11) is 0. The Labute approximate surface area is 90.1 Å². The van der Waals surface area contributed by atoms with E-state index in [1.807, 2.05) is 0 Å². The van der Waals surface area contributed by atoms with Crippen molar-refractivity contribution in [2.24, 2.45) is 0 Å². The molecule has 0 saturated carbocycles. The zero-order chi connectivity index (χ0) is 10.3. The van der Waals surface area contributed by atoms with Gasteiger partial charge in [-0.05, 0) is 37.3 Å². The van der Waals surface area contributed by atoms with Gasteiger partial charge in [-0.25, -0.2) is 0 Å². The Morgan fingerprint density at radius 1 is 1.20 bits per heavy atom. The van der Waals surface area contributed by atoms with Gasteiger partial charge < -0.3 is 4.42 Å². The minimum Gasteiger partial charge on any atom is -0.461 e. The molecule has 0 aliphatic heterocycles. The van der Waals surface area contributed by atoms with Crippen LogP contribution in [-0.4, -0.2) is 0 Å². The predicted molar refractivity (Wildman–Crippen MR) is 62.2 cm³/mol. The SMILES string of the molecule is CCc1oc2cccc3c2c1CCCC3. The molecule has 15 heavy (non-hydrogen) atoms. The lowest BCUT2D eigenvalue weighted by molar-refractivity contribution is 0.547. The summed E-state index contributed by atoms with van der Waals surface area (Å²) in [5.74, 6) is 1.21. The third kappa shape index (κ3) is 1.30. The van der Waals surface area contributed by atoms with E-state index < -0.39 is 0 Å². The first-order valence-electron chi connectivity index (χ1n) is 5.92. The second kappa shape index (κ2) is 3.41. The van der Waals surface area contributed by atoms with Crippen LogP contribution in [0.15, 0.2) is 22.6 Å². The summed E-state index contributed by atoms with van der Waals surface area (Å²) in [6.45, 7) is 2.18. The van der Waals surface area contributed by atoms with Gasteiger partial charge in [0.25, 0.3) is 0 Å². The fourth-order valence-electron chi connectivity index (χ4n) is 2.71. The van der Waals surface area contributed by atoms with Gasteiger partial charge in [-0.3, -0.25) is 0 Å². The van der Waals surface area contributed by atoms with E-state index in [1.54, 1.807) is 0 Å². The van der Waals surface area contributed by atoms with E-state index in [4.69, 9.17) is 4.42 Å². The molecule has 78 valence electrons. The van der Waals surface area contributed by atoms with Crippen molar-refractivity contribution in [1.82, 2.24) is 0 Å². The van der Waals surface area contributed by atoms with Crippen LogP contribution >= 0.6 is 0 Å². The van der Waals surface area contributed by atoms with E-state index in [9.17, 15) is 0 Å². The van der Waals surface area contributed by atoms with E-state index in [2.05, 4.69) is 25.1 Å². The van der Waals surface area contributed by atoms with E-state index in [-0.39, 0.29) is 0 Å². The molecule has 0 fully saturated rings. The number of aryl methyl sites for hydroxylation is 3. The first-order valence-corrected chi connectivity index (χ1v) is 5.92. The number of rotatable bonds is 1. The largest absolute Gasteiger partial charge is 0.461 e. The second-order valence-corrected chi connectivity index (χ2v) is 4.35. The van der Waals surface area contributed by atoms with Crippen LogP contribution in [0.3, 0.4) is 0 Å². The van der Waals surface area contributed by atoms with Crippen molar-refractivity contribution in [1.29, 1.82) is 0 Å². The Bertz CT molecular complexity index is 493. The van der Waals surface area contributed by atoms with Crippen LogP contribution in [0.1, 0.15) is 36.7 Å². The number of hydrogen-bond donors (Lipinski definition) is 0. The molecule has 0 spiro atoms. The van der Waals surface area contributed by atoms with Gasteiger partial charge in [-0.2, -0.15) is 0 Å². The monoisotopic (exact) mass is 200 g/mol. The third-order valence-electron chi connectivity index (χ3n) is 3.43. The zero-order valence-electron chi connectivity index (χ0n) is 9.18. The summed E-state index contributed by atoms with van der Waals surface area (Å²) in [5, 5.41) is 1.42. The van der Waals surface area contributed by atoms with Crippen molar-refractivity contribution in [3.8, 4) is 0 Å². The van der Waals surface area contributed by atoms with E-state index in [0.717, 1.165) is 12.0 Å². The molecular weight excluding hydrogens is 184 g/mol. The Hall–Kier alpha value is -1.24. The average molecular weight is 200 g/mol. The average Bonchev–Trinajstić information content (AvgIpc) is 2.47.